The molecule has 1 aromatic rings. The number of benzene rings is 1. The van der Waals surface area contributed by atoms with E-state index in [9.17, 15) is 4.79 Å². The van der Waals surface area contributed by atoms with Crippen LogP contribution in [0.25, 0.3) is 0 Å². The predicted molar refractivity (Wildman–Crippen MR) is 79.2 cm³/mol. The van der Waals surface area contributed by atoms with E-state index in [1.54, 1.807) is 0 Å². The van der Waals surface area contributed by atoms with E-state index < -0.39 is 0 Å². The quantitative estimate of drug-likeness (QED) is 0.642. The van der Waals surface area contributed by atoms with Gasteiger partial charge in [0, 0.05) is 12.1 Å². The first-order chi connectivity index (χ1) is 8.97. The van der Waals surface area contributed by atoms with Crippen molar-refractivity contribution in [3.63, 3.8) is 0 Å². The van der Waals surface area contributed by atoms with Crippen molar-refractivity contribution in [3.05, 3.63) is 29.3 Å². The number of ether oxygens (including phenoxy) is 1. The molecule has 0 radical (unpaired) electrons. The Hall–Kier alpha value is -1.62. The zero-order valence-electron chi connectivity index (χ0n) is 11.3. The Balaban J connectivity index is 1.98. The molecule has 0 saturated carbocycles. The van der Waals surface area contributed by atoms with Crippen LogP contribution < -0.4 is 10.6 Å². The van der Waals surface area contributed by atoms with Gasteiger partial charge in [-0.15, -0.1) is 0 Å². The van der Waals surface area contributed by atoms with E-state index in [2.05, 4.69) is 10.6 Å². The van der Waals surface area contributed by atoms with Gasteiger partial charge in [-0.1, -0.05) is 12.1 Å². The number of esters is 1. The molecule has 1 aliphatic heterocycles. The lowest BCUT2D eigenvalue weighted by Gasteiger charge is -2.15. The summed E-state index contributed by atoms with van der Waals surface area (Å²) in [5, 5.41) is 6.57. The number of anilines is 1. The van der Waals surface area contributed by atoms with Crippen molar-refractivity contribution in [2.24, 2.45) is 0 Å². The maximum atomic E-state index is 11.5. The number of cyclic esters (lactones) is 1. The van der Waals surface area contributed by atoms with Gasteiger partial charge in [0.25, 0.3) is 0 Å². The Labute approximate surface area is 118 Å². The largest absolute Gasteiger partial charge is 0.461 e. The fourth-order valence-electron chi connectivity index (χ4n) is 2.08. The summed E-state index contributed by atoms with van der Waals surface area (Å²) < 4.78 is 5.08. The average molecular weight is 278 g/mol. The molecule has 102 valence electrons. The van der Waals surface area contributed by atoms with Gasteiger partial charge in [0.15, 0.2) is 5.11 Å². The molecule has 0 unspecified atom stereocenters. The Morgan fingerprint density at radius 2 is 2.16 bits per heavy atom. The first kappa shape index (κ1) is 13.8. The molecule has 19 heavy (non-hydrogen) atoms. The number of carbonyl (C=O) groups is 1. The Morgan fingerprint density at radius 1 is 1.42 bits per heavy atom. The summed E-state index contributed by atoms with van der Waals surface area (Å²) in [6, 6.07) is 5.64. The minimum atomic E-state index is -0.347. The lowest BCUT2D eigenvalue weighted by Crippen LogP contribution is -2.40. The zero-order chi connectivity index (χ0) is 14.0. The van der Waals surface area contributed by atoms with Crippen molar-refractivity contribution in [2.75, 3.05) is 5.32 Å². The van der Waals surface area contributed by atoms with Crippen LogP contribution in [-0.4, -0.2) is 23.2 Å². The highest BCUT2D eigenvalue weighted by molar-refractivity contribution is 7.80. The summed E-state index contributed by atoms with van der Waals surface area (Å²) in [6.45, 7) is 5.96. The number of rotatable bonds is 2. The monoisotopic (exact) mass is 278 g/mol. The van der Waals surface area contributed by atoms with E-state index in [1.807, 2.05) is 39.0 Å². The van der Waals surface area contributed by atoms with Crippen LogP contribution in [-0.2, 0) is 9.53 Å². The third-order valence-corrected chi connectivity index (χ3v) is 3.55. The second kappa shape index (κ2) is 5.57. The van der Waals surface area contributed by atoms with Gasteiger partial charge >= 0.3 is 5.97 Å². The van der Waals surface area contributed by atoms with Gasteiger partial charge in [0.05, 0.1) is 0 Å². The Bertz CT molecular complexity index is 516. The van der Waals surface area contributed by atoms with Crippen LogP contribution in [0.1, 0.15) is 24.5 Å². The van der Waals surface area contributed by atoms with Crippen LogP contribution in [0.5, 0.6) is 0 Å². The number of hydrogen-bond acceptors (Lipinski definition) is 3. The molecule has 0 aromatic heterocycles. The number of hydrogen-bond donors (Lipinski definition) is 2. The van der Waals surface area contributed by atoms with E-state index in [0.29, 0.717) is 11.5 Å². The normalized spacial score (nSPS) is 21.9. The Morgan fingerprint density at radius 3 is 2.79 bits per heavy atom. The molecule has 1 aliphatic rings. The van der Waals surface area contributed by atoms with Gasteiger partial charge < -0.3 is 15.4 Å². The van der Waals surface area contributed by atoms with Crippen molar-refractivity contribution in [1.29, 1.82) is 0 Å². The van der Waals surface area contributed by atoms with Crippen LogP contribution in [0.4, 0.5) is 5.69 Å². The molecule has 1 saturated heterocycles. The first-order valence-electron chi connectivity index (χ1n) is 6.31. The molecule has 2 rings (SSSR count). The van der Waals surface area contributed by atoms with Crippen molar-refractivity contribution in [2.45, 2.75) is 39.3 Å². The Kier molecular flexibility index (Phi) is 4.04. The highest BCUT2D eigenvalue weighted by atomic mass is 32.1. The molecular formula is C14H18N2O2S. The first-order valence-corrected chi connectivity index (χ1v) is 6.72. The summed E-state index contributed by atoms with van der Waals surface area (Å²) in [7, 11) is 0. The second-order valence-electron chi connectivity index (χ2n) is 4.88. The van der Waals surface area contributed by atoms with Crippen molar-refractivity contribution >= 4 is 29.0 Å². The van der Waals surface area contributed by atoms with Crippen molar-refractivity contribution < 1.29 is 9.53 Å². The molecule has 0 bridgehead atoms. The lowest BCUT2D eigenvalue weighted by atomic mass is 10.1. The van der Waals surface area contributed by atoms with Gasteiger partial charge in [0.2, 0.25) is 0 Å². The summed E-state index contributed by atoms with van der Waals surface area (Å²) in [4.78, 5) is 11.5. The summed E-state index contributed by atoms with van der Waals surface area (Å²) >= 11 is 5.24. The minimum Gasteiger partial charge on any atom is -0.461 e. The van der Waals surface area contributed by atoms with E-state index in [1.165, 1.54) is 5.56 Å². The maximum Gasteiger partial charge on any atom is 0.329 e. The number of thiocarbonyl (C=S) groups is 1. The predicted octanol–water partition coefficient (Wildman–Crippen LogP) is 2.29. The topological polar surface area (TPSA) is 50.4 Å². The van der Waals surface area contributed by atoms with Gasteiger partial charge in [-0.25, -0.2) is 4.79 Å². The summed E-state index contributed by atoms with van der Waals surface area (Å²) in [5.74, 6) is -0.238. The highest BCUT2D eigenvalue weighted by Crippen LogP contribution is 2.18. The smallest absolute Gasteiger partial charge is 0.329 e. The summed E-state index contributed by atoms with van der Waals surface area (Å²) in [5.41, 5.74) is 3.30. The molecule has 1 fully saturated rings. The molecule has 1 aromatic carbocycles. The zero-order valence-corrected chi connectivity index (χ0v) is 12.1. The van der Waals surface area contributed by atoms with Gasteiger partial charge in [0.1, 0.15) is 12.1 Å². The molecule has 0 amide bonds. The number of aryl methyl sites for hydroxylation is 1. The molecule has 2 N–H and O–H groups in total. The molecule has 4 nitrogen and oxygen atoms in total. The van der Waals surface area contributed by atoms with Crippen molar-refractivity contribution in [1.82, 2.24) is 5.32 Å². The second-order valence-corrected chi connectivity index (χ2v) is 5.29. The average Bonchev–Trinajstić information content (AvgIpc) is 2.64. The minimum absolute atomic E-state index is 0.0477. The van der Waals surface area contributed by atoms with Crippen molar-refractivity contribution in [3.8, 4) is 0 Å². The molecule has 1 heterocycles. The fourth-order valence-corrected chi connectivity index (χ4v) is 2.33. The third kappa shape index (κ3) is 3.23. The molecule has 2 atom stereocenters. The van der Waals surface area contributed by atoms with Gasteiger partial charge in [-0.2, -0.15) is 0 Å². The van der Waals surface area contributed by atoms with E-state index >= 15 is 0 Å². The van der Waals surface area contributed by atoms with Gasteiger partial charge in [-0.3, -0.25) is 0 Å². The SMILES string of the molecule is Cc1cccc(NC(=S)N[C@@H]2C[C@H](C)OC2=O)c1C. The number of nitrogens with one attached hydrogen (secondary N) is 2. The molecule has 5 heteroatoms. The van der Waals surface area contributed by atoms with E-state index in [-0.39, 0.29) is 18.1 Å². The van der Waals surface area contributed by atoms with Crippen LogP contribution >= 0.6 is 12.2 Å². The summed E-state index contributed by atoms with van der Waals surface area (Å²) in [6.07, 6.45) is 0.599. The fraction of sp³-hybridized carbons (Fsp3) is 0.429. The van der Waals surface area contributed by atoms with Crippen LogP contribution in [0.3, 0.4) is 0 Å². The molecular weight excluding hydrogens is 260 g/mol. The lowest BCUT2D eigenvalue weighted by molar-refractivity contribution is -0.142. The van der Waals surface area contributed by atoms with Crippen LogP contribution in [0.2, 0.25) is 0 Å². The van der Waals surface area contributed by atoms with Gasteiger partial charge in [-0.05, 0) is 50.2 Å². The molecule has 0 aliphatic carbocycles. The third-order valence-electron chi connectivity index (χ3n) is 3.33. The highest BCUT2D eigenvalue weighted by Gasteiger charge is 2.32. The van der Waals surface area contributed by atoms with E-state index in [4.69, 9.17) is 17.0 Å². The molecule has 0 spiro atoms. The number of carbonyl (C=O) groups excluding carboxylic acids is 1. The maximum absolute atomic E-state index is 11.5. The standard InChI is InChI=1S/C14H18N2O2S/c1-8-5-4-6-11(10(8)3)15-14(19)16-12-7-9(2)18-13(12)17/h4-6,9,12H,7H2,1-3H3,(H2,15,16,19)/t9-,12+/m0/s1. The van der Waals surface area contributed by atoms with Crippen LogP contribution in [0, 0.1) is 13.8 Å². The van der Waals surface area contributed by atoms with E-state index in [0.717, 1.165) is 11.3 Å². The van der Waals surface area contributed by atoms with Crippen LogP contribution in [0.15, 0.2) is 18.2 Å².